The lowest BCUT2D eigenvalue weighted by molar-refractivity contribution is 0.365. The number of anilines is 1. The predicted octanol–water partition coefficient (Wildman–Crippen LogP) is 4.12. The number of para-hydroxylation sites is 2. The van der Waals surface area contributed by atoms with E-state index in [1.54, 1.807) is 19.2 Å². The highest BCUT2D eigenvalue weighted by molar-refractivity contribution is 7.99. The van der Waals surface area contributed by atoms with E-state index >= 15 is 0 Å². The van der Waals surface area contributed by atoms with E-state index in [9.17, 15) is 5.11 Å². The highest BCUT2D eigenvalue weighted by atomic mass is 32.2. The van der Waals surface area contributed by atoms with Crippen molar-refractivity contribution in [3.8, 4) is 40.3 Å². The summed E-state index contributed by atoms with van der Waals surface area (Å²) in [5.74, 6) is 5.59. The van der Waals surface area contributed by atoms with Gasteiger partial charge in [0.15, 0.2) is 28.8 Å². The van der Waals surface area contributed by atoms with Crippen molar-refractivity contribution in [2.45, 2.75) is 6.42 Å². The molecule has 2 aromatic carbocycles. The van der Waals surface area contributed by atoms with Crippen molar-refractivity contribution in [2.75, 3.05) is 43.7 Å². The standard InChI is InChI=1S/C23H23N3O4S/c1-28-17-7-4-6-15(19(17)27)21-24-22(26-9-11-31-12-10-26)16-13-14-5-3-8-18(29-2)20(14)30-23(16)25-21/h3-8,27H,9-13H2,1-2H3. The van der Waals surface area contributed by atoms with Gasteiger partial charge in [0.05, 0.1) is 25.3 Å². The highest BCUT2D eigenvalue weighted by Crippen LogP contribution is 2.46. The van der Waals surface area contributed by atoms with Crippen LogP contribution in [0.3, 0.4) is 0 Å². The van der Waals surface area contributed by atoms with Crippen molar-refractivity contribution in [1.29, 1.82) is 0 Å². The van der Waals surface area contributed by atoms with E-state index in [-0.39, 0.29) is 5.75 Å². The van der Waals surface area contributed by atoms with E-state index in [0.29, 0.717) is 40.9 Å². The van der Waals surface area contributed by atoms with Gasteiger partial charge in [0.2, 0.25) is 5.88 Å². The molecule has 0 atom stereocenters. The second-order valence-corrected chi connectivity index (χ2v) is 8.56. The molecule has 0 aliphatic carbocycles. The summed E-state index contributed by atoms with van der Waals surface area (Å²) in [5.41, 5.74) is 2.50. The predicted molar refractivity (Wildman–Crippen MR) is 121 cm³/mol. The minimum Gasteiger partial charge on any atom is -0.504 e. The number of ether oxygens (including phenoxy) is 3. The number of hydrogen-bond acceptors (Lipinski definition) is 8. The van der Waals surface area contributed by atoms with Gasteiger partial charge in [-0.15, -0.1) is 0 Å². The topological polar surface area (TPSA) is 76.9 Å². The Bertz CT molecular complexity index is 1130. The Labute approximate surface area is 185 Å². The Balaban J connectivity index is 1.67. The molecule has 1 saturated heterocycles. The average Bonchev–Trinajstić information content (AvgIpc) is 2.82. The van der Waals surface area contributed by atoms with Crippen LogP contribution in [0.2, 0.25) is 0 Å². The lowest BCUT2D eigenvalue weighted by Gasteiger charge is -2.31. The normalized spacial score (nSPS) is 15.0. The maximum absolute atomic E-state index is 10.7. The van der Waals surface area contributed by atoms with Gasteiger partial charge in [-0.2, -0.15) is 16.7 Å². The Kier molecular flexibility index (Phi) is 5.23. The number of methoxy groups -OCH3 is 2. The zero-order chi connectivity index (χ0) is 21.4. The SMILES string of the molecule is COc1cccc(-c2nc3c(c(N4CCSCC4)n2)Cc2cccc(OC)c2O3)c1O. The molecule has 2 aliphatic heterocycles. The molecule has 0 radical (unpaired) electrons. The molecule has 1 N–H and O–H groups in total. The second-order valence-electron chi connectivity index (χ2n) is 7.34. The molecule has 31 heavy (non-hydrogen) atoms. The van der Waals surface area contributed by atoms with E-state index in [1.165, 1.54) is 7.11 Å². The molecular weight excluding hydrogens is 414 g/mol. The summed E-state index contributed by atoms with van der Waals surface area (Å²) < 4.78 is 17.0. The summed E-state index contributed by atoms with van der Waals surface area (Å²) in [4.78, 5) is 11.9. The number of nitrogens with zero attached hydrogens (tertiary/aromatic N) is 3. The summed E-state index contributed by atoms with van der Waals surface area (Å²) in [7, 11) is 3.15. The zero-order valence-electron chi connectivity index (χ0n) is 17.4. The minimum absolute atomic E-state index is 0.0129. The van der Waals surface area contributed by atoms with Gasteiger partial charge in [-0.25, -0.2) is 4.98 Å². The van der Waals surface area contributed by atoms with Gasteiger partial charge in [-0.05, 0) is 18.2 Å². The van der Waals surface area contributed by atoms with E-state index in [1.807, 2.05) is 36.0 Å². The zero-order valence-corrected chi connectivity index (χ0v) is 18.2. The van der Waals surface area contributed by atoms with Gasteiger partial charge in [-0.3, -0.25) is 0 Å². The number of aromatic nitrogens is 2. The minimum atomic E-state index is 0.0129. The molecule has 0 bridgehead atoms. The number of hydrogen-bond donors (Lipinski definition) is 1. The molecule has 1 fully saturated rings. The summed E-state index contributed by atoms with van der Waals surface area (Å²) >= 11 is 1.94. The molecule has 0 saturated carbocycles. The van der Waals surface area contributed by atoms with Crippen LogP contribution in [0.1, 0.15) is 11.1 Å². The number of aromatic hydroxyl groups is 1. The fourth-order valence-corrected chi connectivity index (χ4v) is 4.88. The fourth-order valence-electron chi connectivity index (χ4n) is 3.98. The molecule has 1 aromatic heterocycles. The van der Waals surface area contributed by atoms with Crippen LogP contribution in [-0.4, -0.2) is 53.9 Å². The molecule has 0 unspecified atom stereocenters. The second kappa shape index (κ2) is 8.19. The monoisotopic (exact) mass is 437 g/mol. The van der Waals surface area contributed by atoms with Gasteiger partial charge in [-0.1, -0.05) is 18.2 Å². The molecular formula is C23H23N3O4S. The maximum Gasteiger partial charge on any atom is 0.228 e. The van der Waals surface area contributed by atoms with E-state index in [4.69, 9.17) is 24.2 Å². The molecule has 160 valence electrons. The van der Waals surface area contributed by atoms with Crippen LogP contribution >= 0.6 is 11.8 Å². The molecule has 0 amide bonds. The maximum atomic E-state index is 10.7. The van der Waals surface area contributed by atoms with Crippen LogP contribution in [0.4, 0.5) is 5.82 Å². The number of thioether (sulfide) groups is 1. The van der Waals surface area contributed by atoms with Crippen LogP contribution in [0, 0.1) is 0 Å². The summed E-state index contributed by atoms with van der Waals surface area (Å²) in [6.07, 6.45) is 0.658. The average molecular weight is 438 g/mol. The molecule has 3 aromatic rings. The van der Waals surface area contributed by atoms with E-state index in [0.717, 1.165) is 41.5 Å². The lowest BCUT2D eigenvalue weighted by atomic mass is 10.0. The Hall–Kier alpha value is -3.13. The van der Waals surface area contributed by atoms with Gasteiger partial charge in [0.25, 0.3) is 0 Å². The third-order valence-electron chi connectivity index (χ3n) is 5.56. The Morgan fingerprint density at radius 1 is 1.00 bits per heavy atom. The van der Waals surface area contributed by atoms with Crippen molar-refractivity contribution in [3.05, 3.63) is 47.5 Å². The van der Waals surface area contributed by atoms with Gasteiger partial charge in [0, 0.05) is 36.6 Å². The van der Waals surface area contributed by atoms with Crippen LogP contribution in [0.15, 0.2) is 36.4 Å². The van der Waals surface area contributed by atoms with E-state index in [2.05, 4.69) is 4.90 Å². The first-order valence-electron chi connectivity index (χ1n) is 10.1. The third kappa shape index (κ3) is 3.50. The largest absolute Gasteiger partial charge is 0.504 e. The molecule has 2 aliphatic rings. The summed E-state index contributed by atoms with van der Waals surface area (Å²) in [5, 5.41) is 10.7. The van der Waals surface area contributed by atoms with Crippen LogP contribution in [0.5, 0.6) is 28.9 Å². The van der Waals surface area contributed by atoms with Gasteiger partial charge >= 0.3 is 0 Å². The summed E-state index contributed by atoms with van der Waals surface area (Å²) in [6, 6.07) is 11.2. The number of rotatable bonds is 4. The quantitative estimate of drug-likeness (QED) is 0.511. The number of phenols is 1. The third-order valence-corrected chi connectivity index (χ3v) is 6.51. The molecule has 8 heteroatoms. The van der Waals surface area contributed by atoms with Crippen LogP contribution in [0.25, 0.3) is 11.4 Å². The van der Waals surface area contributed by atoms with Crippen LogP contribution < -0.4 is 19.1 Å². The number of benzene rings is 2. The number of fused-ring (bicyclic) bond motifs is 2. The molecule has 0 spiro atoms. The first kappa shape index (κ1) is 19.8. The smallest absolute Gasteiger partial charge is 0.228 e. The van der Waals surface area contributed by atoms with E-state index < -0.39 is 0 Å². The Morgan fingerprint density at radius 3 is 2.52 bits per heavy atom. The van der Waals surface area contributed by atoms with Crippen molar-refractivity contribution in [3.63, 3.8) is 0 Å². The van der Waals surface area contributed by atoms with Crippen molar-refractivity contribution < 1.29 is 19.3 Å². The summed E-state index contributed by atoms with van der Waals surface area (Å²) in [6.45, 7) is 1.81. The molecule has 3 heterocycles. The Morgan fingerprint density at radius 2 is 1.74 bits per heavy atom. The number of phenolic OH excluding ortho intramolecular Hbond substituents is 1. The van der Waals surface area contributed by atoms with Crippen LogP contribution in [-0.2, 0) is 6.42 Å². The van der Waals surface area contributed by atoms with Crippen molar-refractivity contribution in [1.82, 2.24) is 9.97 Å². The van der Waals surface area contributed by atoms with Crippen molar-refractivity contribution >= 4 is 17.6 Å². The highest BCUT2D eigenvalue weighted by Gasteiger charge is 2.29. The first-order valence-corrected chi connectivity index (χ1v) is 11.3. The fraction of sp³-hybridized carbons (Fsp3) is 0.304. The van der Waals surface area contributed by atoms with Gasteiger partial charge < -0.3 is 24.2 Å². The molecule has 5 rings (SSSR count). The first-order chi connectivity index (χ1) is 15.2. The molecule has 7 nitrogen and oxygen atoms in total. The van der Waals surface area contributed by atoms with Crippen molar-refractivity contribution in [2.24, 2.45) is 0 Å². The van der Waals surface area contributed by atoms with Gasteiger partial charge in [0.1, 0.15) is 5.82 Å². The lowest BCUT2D eigenvalue weighted by Crippen LogP contribution is -2.34.